The first kappa shape index (κ1) is 19.5. The van der Waals surface area contributed by atoms with Gasteiger partial charge in [-0.15, -0.1) is 5.10 Å². The summed E-state index contributed by atoms with van der Waals surface area (Å²) in [7, 11) is 0. The predicted molar refractivity (Wildman–Crippen MR) is 112 cm³/mol. The number of nitrogens with zero attached hydrogens (tertiary/aromatic N) is 3. The molecule has 1 heterocycles. The molecular formula is C20H18N4O3S. The molecule has 2 aromatic carbocycles. The summed E-state index contributed by atoms with van der Waals surface area (Å²) in [6.07, 6.45) is 3.28. The van der Waals surface area contributed by atoms with Gasteiger partial charge >= 0.3 is 0 Å². The van der Waals surface area contributed by atoms with E-state index in [1.54, 1.807) is 24.4 Å². The number of nitro groups is 1. The van der Waals surface area contributed by atoms with E-state index in [4.69, 9.17) is 0 Å². The third kappa shape index (κ3) is 4.92. The van der Waals surface area contributed by atoms with E-state index in [0.717, 1.165) is 5.56 Å². The highest BCUT2D eigenvalue weighted by atomic mass is 32.2. The molecular weight excluding hydrogens is 376 g/mol. The van der Waals surface area contributed by atoms with Gasteiger partial charge in [-0.1, -0.05) is 38.1 Å². The van der Waals surface area contributed by atoms with Crippen LogP contribution in [0.1, 0.15) is 36.5 Å². The van der Waals surface area contributed by atoms with E-state index < -0.39 is 4.92 Å². The van der Waals surface area contributed by atoms with Crippen molar-refractivity contribution < 1.29 is 9.72 Å². The molecule has 0 unspecified atom stereocenters. The summed E-state index contributed by atoms with van der Waals surface area (Å²) in [6.45, 7) is 4.27. The zero-order valence-electron chi connectivity index (χ0n) is 15.3. The van der Waals surface area contributed by atoms with Crippen molar-refractivity contribution in [3.8, 4) is 0 Å². The Bertz CT molecular complexity index is 978. The summed E-state index contributed by atoms with van der Waals surface area (Å²) in [5.41, 5.74) is 2.87. The predicted octanol–water partition coefficient (Wildman–Crippen LogP) is 4.31. The van der Waals surface area contributed by atoms with Gasteiger partial charge in [0.15, 0.2) is 5.17 Å². The average molecular weight is 394 g/mol. The molecule has 28 heavy (non-hydrogen) atoms. The Morgan fingerprint density at radius 3 is 2.32 bits per heavy atom. The molecule has 0 bridgehead atoms. The number of carbonyl (C=O) groups is 1. The monoisotopic (exact) mass is 394 g/mol. The molecule has 8 heteroatoms. The number of amidine groups is 1. The molecule has 1 amide bonds. The zero-order chi connectivity index (χ0) is 20.1. The average Bonchev–Trinajstić information content (AvgIpc) is 3.02. The van der Waals surface area contributed by atoms with Gasteiger partial charge in [0.05, 0.1) is 16.0 Å². The molecule has 1 aliphatic heterocycles. The van der Waals surface area contributed by atoms with E-state index in [-0.39, 0.29) is 11.6 Å². The fraction of sp³-hybridized carbons (Fsp3) is 0.150. The van der Waals surface area contributed by atoms with Crippen molar-refractivity contribution in [1.82, 2.24) is 5.32 Å². The molecule has 1 aliphatic rings. The summed E-state index contributed by atoms with van der Waals surface area (Å²) in [6, 6.07) is 14.0. The highest BCUT2D eigenvalue weighted by molar-refractivity contribution is 8.18. The van der Waals surface area contributed by atoms with E-state index >= 15 is 0 Å². The molecule has 7 nitrogen and oxygen atoms in total. The molecule has 0 atom stereocenters. The Balaban J connectivity index is 1.66. The minimum absolute atomic E-state index is 0.00342. The maximum atomic E-state index is 12.1. The van der Waals surface area contributed by atoms with Gasteiger partial charge in [0.1, 0.15) is 0 Å². The molecule has 1 N–H and O–H groups in total. The van der Waals surface area contributed by atoms with Crippen LogP contribution in [0.5, 0.6) is 0 Å². The normalized spacial score (nSPS) is 17.0. The third-order valence-electron chi connectivity index (χ3n) is 4.01. The zero-order valence-corrected chi connectivity index (χ0v) is 16.1. The quantitative estimate of drug-likeness (QED) is 0.354. The SMILES string of the molecule is CC(C)c1ccc(C=NN=C2NC(=O)/C(=C\c3ccc([N+](=O)[O-])cc3)S2)cc1. The molecule has 1 saturated heterocycles. The number of thioether (sulfide) groups is 1. The summed E-state index contributed by atoms with van der Waals surface area (Å²) in [4.78, 5) is 22.7. The van der Waals surface area contributed by atoms with Gasteiger partial charge in [-0.05, 0) is 52.6 Å². The van der Waals surface area contributed by atoms with Crippen LogP contribution in [0, 0.1) is 10.1 Å². The largest absolute Gasteiger partial charge is 0.299 e. The van der Waals surface area contributed by atoms with Gasteiger partial charge in [-0.2, -0.15) is 5.10 Å². The van der Waals surface area contributed by atoms with Crippen molar-refractivity contribution in [2.45, 2.75) is 19.8 Å². The van der Waals surface area contributed by atoms with Crippen molar-refractivity contribution in [3.63, 3.8) is 0 Å². The van der Waals surface area contributed by atoms with Gasteiger partial charge in [0.25, 0.3) is 11.6 Å². The number of nitrogens with one attached hydrogen (secondary N) is 1. The maximum Gasteiger partial charge on any atom is 0.269 e. The first-order valence-electron chi connectivity index (χ1n) is 8.59. The summed E-state index contributed by atoms with van der Waals surface area (Å²) in [5.74, 6) is 0.191. The summed E-state index contributed by atoms with van der Waals surface area (Å²) < 4.78 is 0. The van der Waals surface area contributed by atoms with E-state index in [1.807, 2.05) is 12.1 Å². The fourth-order valence-corrected chi connectivity index (χ4v) is 3.21. The van der Waals surface area contributed by atoms with Crippen LogP contribution in [0.4, 0.5) is 5.69 Å². The van der Waals surface area contributed by atoms with Crippen molar-refractivity contribution in [2.75, 3.05) is 0 Å². The molecule has 0 spiro atoms. The van der Waals surface area contributed by atoms with Crippen LogP contribution >= 0.6 is 11.8 Å². The van der Waals surface area contributed by atoms with Crippen LogP contribution in [0.3, 0.4) is 0 Å². The van der Waals surface area contributed by atoms with Gasteiger partial charge in [0, 0.05) is 12.1 Å². The second-order valence-electron chi connectivity index (χ2n) is 6.38. The lowest BCUT2D eigenvalue weighted by Gasteiger charge is -2.03. The minimum atomic E-state index is -0.465. The van der Waals surface area contributed by atoms with Crippen LogP contribution in [-0.2, 0) is 4.79 Å². The van der Waals surface area contributed by atoms with Crippen molar-refractivity contribution in [2.24, 2.45) is 10.2 Å². The third-order valence-corrected chi connectivity index (χ3v) is 4.91. The molecule has 0 radical (unpaired) electrons. The molecule has 0 aliphatic carbocycles. The smallest absolute Gasteiger partial charge is 0.269 e. The highest BCUT2D eigenvalue weighted by Gasteiger charge is 2.23. The topological polar surface area (TPSA) is 97.0 Å². The highest BCUT2D eigenvalue weighted by Crippen LogP contribution is 2.26. The second-order valence-corrected chi connectivity index (χ2v) is 7.42. The van der Waals surface area contributed by atoms with Crippen LogP contribution < -0.4 is 5.32 Å². The van der Waals surface area contributed by atoms with Crippen LogP contribution in [0.2, 0.25) is 0 Å². The Hall–Kier alpha value is -3.26. The minimum Gasteiger partial charge on any atom is -0.299 e. The number of rotatable bonds is 5. The molecule has 0 saturated carbocycles. The van der Waals surface area contributed by atoms with Gasteiger partial charge < -0.3 is 0 Å². The Kier molecular flexibility index (Phi) is 6.00. The lowest BCUT2D eigenvalue weighted by atomic mass is 10.0. The summed E-state index contributed by atoms with van der Waals surface area (Å²) in [5, 5.41) is 21.8. The van der Waals surface area contributed by atoms with E-state index in [9.17, 15) is 14.9 Å². The first-order valence-corrected chi connectivity index (χ1v) is 9.40. The van der Waals surface area contributed by atoms with E-state index in [0.29, 0.717) is 21.6 Å². The fourth-order valence-electron chi connectivity index (χ4n) is 2.43. The number of hydrogen-bond donors (Lipinski definition) is 1. The molecule has 3 rings (SSSR count). The maximum absolute atomic E-state index is 12.1. The number of amides is 1. The van der Waals surface area contributed by atoms with Gasteiger partial charge in [-0.3, -0.25) is 20.2 Å². The first-order chi connectivity index (χ1) is 13.4. The van der Waals surface area contributed by atoms with Crippen LogP contribution in [0.15, 0.2) is 63.6 Å². The van der Waals surface area contributed by atoms with Gasteiger partial charge in [0.2, 0.25) is 0 Å². The number of non-ortho nitro benzene ring substituents is 1. The standard InChI is InChI=1S/C20H18N4O3S/c1-13(2)16-7-3-15(4-8-16)12-21-23-20-22-19(25)18(28-20)11-14-5-9-17(10-6-14)24(26)27/h3-13H,1-2H3,(H,22,23,25)/b18-11+,21-12?. The number of benzene rings is 2. The number of carbonyl (C=O) groups excluding carboxylic acids is 1. The van der Waals surface area contributed by atoms with Crippen LogP contribution in [0.25, 0.3) is 6.08 Å². The molecule has 2 aromatic rings. The lowest BCUT2D eigenvalue weighted by Crippen LogP contribution is -2.19. The second kappa shape index (κ2) is 8.62. The Morgan fingerprint density at radius 1 is 1.07 bits per heavy atom. The Labute approximate surface area is 166 Å². The van der Waals surface area contributed by atoms with E-state index in [1.165, 1.54) is 29.5 Å². The van der Waals surface area contributed by atoms with Crippen molar-refractivity contribution in [1.29, 1.82) is 0 Å². The van der Waals surface area contributed by atoms with Crippen molar-refractivity contribution in [3.05, 3.63) is 80.2 Å². The number of hydrogen-bond acceptors (Lipinski definition) is 6. The van der Waals surface area contributed by atoms with Gasteiger partial charge in [-0.25, -0.2) is 0 Å². The van der Waals surface area contributed by atoms with Crippen molar-refractivity contribution >= 4 is 40.8 Å². The molecule has 0 aromatic heterocycles. The number of nitro benzene ring substituents is 1. The molecule has 1 fully saturated rings. The molecule has 142 valence electrons. The summed E-state index contributed by atoms with van der Waals surface area (Å²) >= 11 is 1.17. The Morgan fingerprint density at radius 2 is 1.71 bits per heavy atom. The van der Waals surface area contributed by atoms with E-state index in [2.05, 4.69) is 41.5 Å². The van der Waals surface area contributed by atoms with Crippen LogP contribution in [-0.4, -0.2) is 22.2 Å². The lowest BCUT2D eigenvalue weighted by molar-refractivity contribution is -0.384.